The summed E-state index contributed by atoms with van der Waals surface area (Å²) in [6.45, 7) is 5.07. The van der Waals surface area contributed by atoms with Crippen LogP contribution in [0.2, 0.25) is 0 Å². The number of amides is 1. The second-order valence-electron chi connectivity index (χ2n) is 6.31. The topological polar surface area (TPSA) is 160 Å². The lowest BCUT2D eigenvalue weighted by atomic mass is 10.2. The molecule has 1 heterocycles. The Bertz CT molecular complexity index is 668. The van der Waals surface area contributed by atoms with Gasteiger partial charge in [-0.2, -0.15) is 5.21 Å². The van der Waals surface area contributed by atoms with Crippen molar-refractivity contribution in [2.75, 3.05) is 18.6 Å². The number of esters is 1. The van der Waals surface area contributed by atoms with Gasteiger partial charge in [-0.05, 0) is 27.2 Å². The Labute approximate surface area is 146 Å². The zero-order valence-corrected chi connectivity index (χ0v) is 15.5. The normalized spacial score (nSPS) is 15.0. The quantitative estimate of drug-likeness (QED) is 0.544. The molecule has 0 spiro atoms. The molecule has 0 bridgehead atoms. The standard InChI is InChI=1S/C13H24N6O5S/c1-13(2,3)24-12(21)15-9(11(20)23-4)5-7-25(14,22)8-6-10-16-18-19-17-10/h9,14H,5-8H2,1-4H3,(H,15,21)(H,16,17,18,19)/t9-,25?/m0/s1. The van der Waals surface area contributed by atoms with Crippen molar-refractivity contribution in [2.45, 2.75) is 45.3 Å². The number of methoxy groups -OCH3 is 1. The number of aryl methyl sites for hydroxylation is 1. The number of ether oxygens (including phenoxy) is 2. The van der Waals surface area contributed by atoms with Crippen LogP contribution in [0.25, 0.3) is 0 Å². The molecule has 1 amide bonds. The average molecular weight is 376 g/mol. The molecular formula is C13H24N6O5S. The number of aromatic amines is 1. The van der Waals surface area contributed by atoms with Crippen molar-refractivity contribution in [3.63, 3.8) is 0 Å². The van der Waals surface area contributed by atoms with E-state index >= 15 is 0 Å². The molecule has 1 unspecified atom stereocenters. The molecule has 25 heavy (non-hydrogen) atoms. The third kappa shape index (κ3) is 8.42. The fourth-order valence-corrected chi connectivity index (χ4v) is 3.13. The smallest absolute Gasteiger partial charge is 0.408 e. The van der Waals surface area contributed by atoms with Gasteiger partial charge in [0.05, 0.1) is 7.11 Å². The van der Waals surface area contributed by atoms with Crippen LogP contribution in [0.15, 0.2) is 0 Å². The first-order valence-corrected chi connectivity index (χ1v) is 9.46. The summed E-state index contributed by atoms with van der Waals surface area (Å²) < 4.78 is 29.9. The molecule has 0 aromatic carbocycles. The van der Waals surface area contributed by atoms with E-state index in [0.29, 0.717) is 5.82 Å². The number of aromatic nitrogens is 4. The number of H-pyrrole nitrogens is 1. The van der Waals surface area contributed by atoms with Gasteiger partial charge in [-0.1, -0.05) is 5.21 Å². The van der Waals surface area contributed by atoms with Crippen molar-refractivity contribution in [1.29, 1.82) is 4.78 Å². The molecule has 1 aromatic rings. The van der Waals surface area contributed by atoms with Crippen molar-refractivity contribution >= 4 is 21.8 Å². The van der Waals surface area contributed by atoms with Crippen molar-refractivity contribution in [3.05, 3.63) is 5.82 Å². The van der Waals surface area contributed by atoms with E-state index in [4.69, 9.17) is 9.52 Å². The summed E-state index contributed by atoms with van der Waals surface area (Å²) in [6.07, 6.45) is -0.576. The first kappa shape index (κ1) is 20.8. The van der Waals surface area contributed by atoms with E-state index in [2.05, 4.69) is 30.7 Å². The van der Waals surface area contributed by atoms with Gasteiger partial charge < -0.3 is 14.8 Å². The summed E-state index contributed by atoms with van der Waals surface area (Å²) in [5, 5.41) is 15.5. The van der Waals surface area contributed by atoms with Gasteiger partial charge in [-0.25, -0.2) is 13.8 Å². The van der Waals surface area contributed by atoms with Gasteiger partial charge in [0.1, 0.15) is 11.6 Å². The highest BCUT2D eigenvalue weighted by Gasteiger charge is 2.26. The van der Waals surface area contributed by atoms with E-state index in [1.165, 1.54) is 7.11 Å². The van der Waals surface area contributed by atoms with Crippen LogP contribution in [-0.4, -0.2) is 67.2 Å². The molecule has 0 radical (unpaired) electrons. The zero-order chi connectivity index (χ0) is 19.1. The van der Waals surface area contributed by atoms with Gasteiger partial charge in [0.15, 0.2) is 5.82 Å². The number of tetrazole rings is 1. The highest BCUT2D eigenvalue weighted by molar-refractivity contribution is 7.92. The average Bonchev–Trinajstić information content (AvgIpc) is 3.00. The molecule has 11 nitrogen and oxygen atoms in total. The molecule has 0 saturated heterocycles. The Balaban J connectivity index is 2.59. The van der Waals surface area contributed by atoms with Crippen molar-refractivity contribution in [1.82, 2.24) is 25.9 Å². The third-order valence-corrected chi connectivity index (χ3v) is 4.72. The lowest BCUT2D eigenvalue weighted by Crippen LogP contribution is -2.44. The Morgan fingerprint density at radius 1 is 1.36 bits per heavy atom. The van der Waals surface area contributed by atoms with Crippen LogP contribution in [0.4, 0.5) is 4.79 Å². The van der Waals surface area contributed by atoms with Gasteiger partial charge in [-0.3, -0.25) is 4.78 Å². The Hall–Kier alpha value is -2.24. The van der Waals surface area contributed by atoms with E-state index < -0.39 is 33.4 Å². The summed E-state index contributed by atoms with van der Waals surface area (Å²) in [5.41, 5.74) is -0.724. The molecule has 0 aliphatic heterocycles. The molecule has 0 saturated carbocycles. The van der Waals surface area contributed by atoms with Gasteiger partial charge in [0.2, 0.25) is 0 Å². The number of nitrogens with zero attached hydrogens (tertiary/aromatic N) is 3. The highest BCUT2D eigenvalue weighted by Crippen LogP contribution is 2.09. The molecule has 0 fully saturated rings. The number of alkyl carbamates (subject to hydrolysis) is 1. The molecule has 3 N–H and O–H groups in total. The minimum absolute atomic E-state index is 0.0134. The van der Waals surface area contributed by atoms with Gasteiger partial charge in [0.25, 0.3) is 0 Å². The Morgan fingerprint density at radius 3 is 2.56 bits per heavy atom. The number of carbonyl (C=O) groups excluding carboxylic acids is 2. The fraction of sp³-hybridized carbons (Fsp3) is 0.769. The van der Waals surface area contributed by atoms with E-state index in [0.717, 1.165) is 0 Å². The number of nitrogens with one attached hydrogen (secondary N) is 3. The SMILES string of the molecule is COC(=O)[C@H](CCS(=N)(=O)CCc1nn[nH]n1)NC(=O)OC(C)(C)C. The zero-order valence-electron chi connectivity index (χ0n) is 14.7. The third-order valence-electron chi connectivity index (χ3n) is 2.96. The molecule has 2 atom stereocenters. The summed E-state index contributed by atoms with van der Waals surface area (Å²) in [5.74, 6) is -0.414. The van der Waals surface area contributed by atoms with Crippen molar-refractivity contribution < 1.29 is 23.3 Å². The number of hydrogen-bond donors (Lipinski definition) is 3. The molecule has 12 heteroatoms. The molecular weight excluding hydrogens is 352 g/mol. The summed E-state index contributed by atoms with van der Waals surface area (Å²) in [7, 11) is -1.81. The van der Waals surface area contributed by atoms with Crippen LogP contribution in [0, 0.1) is 4.78 Å². The maximum Gasteiger partial charge on any atom is 0.408 e. The van der Waals surface area contributed by atoms with Crippen LogP contribution in [0.1, 0.15) is 33.0 Å². The second-order valence-corrected chi connectivity index (χ2v) is 8.75. The van der Waals surface area contributed by atoms with Crippen molar-refractivity contribution in [3.8, 4) is 0 Å². The van der Waals surface area contributed by atoms with Crippen LogP contribution in [0.5, 0.6) is 0 Å². The predicted octanol–water partition coefficient (Wildman–Crippen LogP) is 0.245. The van der Waals surface area contributed by atoms with Crippen LogP contribution >= 0.6 is 0 Å². The fourth-order valence-electron chi connectivity index (χ4n) is 1.80. The molecule has 1 aromatic heterocycles. The van der Waals surface area contributed by atoms with E-state index in [1.54, 1.807) is 20.8 Å². The van der Waals surface area contributed by atoms with Crippen LogP contribution < -0.4 is 5.32 Å². The van der Waals surface area contributed by atoms with E-state index in [1.807, 2.05) is 0 Å². The maximum absolute atomic E-state index is 12.3. The first-order valence-electron chi connectivity index (χ1n) is 7.56. The summed E-state index contributed by atoms with van der Waals surface area (Å²) >= 11 is 0. The largest absolute Gasteiger partial charge is 0.467 e. The Morgan fingerprint density at radius 2 is 2.04 bits per heavy atom. The minimum Gasteiger partial charge on any atom is -0.467 e. The van der Waals surface area contributed by atoms with E-state index in [9.17, 15) is 13.8 Å². The summed E-state index contributed by atoms with van der Waals surface area (Å²) in [6, 6.07) is -1.05. The highest BCUT2D eigenvalue weighted by atomic mass is 32.2. The van der Waals surface area contributed by atoms with Gasteiger partial charge in [0, 0.05) is 27.7 Å². The monoisotopic (exact) mass is 376 g/mol. The molecule has 0 aliphatic carbocycles. The Kier molecular flexibility index (Phi) is 7.27. The number of rotatable bonds is 8. The van der Waals surface area contributed by atoms with Gasteiger partial charge >= 0.3 is 12.1 Å². The van der Waals surface area contributed by atoms with Crippen LogP contribution in [-0.2, 0) is 30.4 Å². The number of carbonyl (C=O) groups is 2. The summed E-state index contributed by atoms with van der Waals surface area (Å²) in [4.78, 5) is 23.6. The predicted molar refractivity (Wildman–Crippen MR) is 88.3 cm³/mol. The first-order chi connectivity index (χ1) is 11.5. The molecule has 0 aliphatic rings. The van der Waals surface area contributed by atoms with Crippen LogP contribution in [0.3, 0.4) is 0 Å². The maximum atomic E-state index is 12.3. The number of hydrogen-bond acceptors (Lipinski definition) is 9. The molecule has 142 valence electrons. The molecule has 1 rings (SSSR count). The van der Waals surface area contributed by atoms with E-state index in [-0.39, 0.29) is 24.3 Å². The lowest BCUT2D eigenvalue weighted by Gasteiger charge is -2.22. The van der Waals surface area contributed by atoms with Crippen molar-refractivity contribution in [2.24, 2.45) is 0 Å². The van der Waals surface area contributed by atoms with Gasteiger partial charge in [-0.15, -0.1) is 10.2 Å². The lowest BCUT2D eigenvalue weighted by molar-refractivity contribution is -0.143. The minimum atomic E-state index is -2.99. The second kappa shape index (κ2) is 8.74.